The number of amides is 1. The summed E-state index contributed by atoms with van der Waals surface area (Å²) in [4.78, 5) is 17.4. The number of piperidine rings is 1. The maximum Gasteiger partial charge on any atom is 0.293 e. The molecular formula is C9H14N4O2. The average molecular weight is 210 g/mol. The van der Waals surface area contributed by atoms with E-state index in [4.69, 9.17) is 0 Å². The van der Waals surface area contributed by atoms with Gasteiger partial charge in [-0.05, 0) is 19.8 Å². The van der Waals surface area contributed by atoms with Crippen LogP contribution in [0.15, 0.2) is 0 Å². The molecule has 6 nitrogen and oxygen atoms in total. The minimum atomic E-state index is -0.414. The highest BCUT2D eigenvalue weighted by Crippen LogP contribution is 2.11. The molecule has 2 heterocycles. The van der Waals surface area contributed by atoms with E-state index in [9.17, 15) is 9.90 Å². The van der Waals surface area contributed by atoms with Crippen molar-refractivity contribution in [1.29, 1.82) is 0 Å². The second-order valence-electron chi connectivity index (χ2n) is 3.79. The zero-order valence-electron chi connectivity index (χ0n) is 8.60. The van der Waals surface area contributed by atoms with Crippen LogP contribution < -0.4 is 0 Å². The van der Waals surface area contributed by atoms with Gasteiger partial charge in [0.25, 0.3) is 5.91 Å². The van der Waals surface area contributed by atoms with Crippen LogP contribution in [0.25, 0.3) is 0 Å². The number of aryl methyl sites for hydroxylation is 1. The number of likely N-dealkylation sites (tertiary alicyclic amines) is 1. The van der Waals surface area contributed by atoms with Crippen LogP contribution >= 0.6 is 0 Å². The molecule has 1 aromatic rings. The number of carbonyl (C=O) groups excluding carboxylic acids is 1. The number of nitrogens with zero attached hydrogens (tertiary/aromatic N) is 3. The number of aliphatic hydroxyl groups excluding tert-OH is 1. The van der Waals surface area contributed by atoms with Gasteiger partial charge in [0, 0.05) is 13.1 Å². The van der Waals surface area contributed by atoms with Gasteiger partial charge in [0.05, 0.1) is 6.10 Å². The summed E-state index contributed by atoms with van der Waals surface area (Å²) in [5.41, 5.74) is 0. The molecule has 2 rings (SSSR count). The van der Waals surface area contributed by atoms with E-state index in [2.05, 4.69) is 15.2 Å². The summed E-state index contributed by atoms with van der Waals surface area (Å²) in [6, 6.07) is 0. The van der Waals surface area contributed by atoms with Gasteiger partial charge in [-0.2, -0.15) is 0 Å². The fourth-order valence-electron chi connectivity index (χ4n) is 1.72. The van der Waals surface area contributed by atoms with Crippen LogP contribution in [0.3, 0.4) is 0 Å². The summed E-state index contributed by atoms with van der Waals surface area (Å²) >= 11 is 0. The number of H-pyrrole nitrogens is 1. The van der Waals surface area contributed by atoms with Crippen molar-refractivity contribution < 1.29 is 9.90 Å². The number of carbonyl (C=O) groups is 1. The van der Waals surface area contributed by atoms with Crippen molar-refractivity contribution in [3.63, 3.8) is 0 Å². The van der Waals surface area contributed by atoms with Crippen molar-refractivity contribution in [1.82, 2.24) is 20.1 Å². The van der Waals surface area contributed by atoms with E-state index in [1.54, 1.807) is 11.8 Å². The first kappa shape index (κ1) is 10.1. The molecule has 82 valence electrons. The lowest BCUT2D eigenvalue weighted by Gasteiger charge is -2.29. The van der Waals surface area contributed by atoms with Crippen LogP contribution in [-0.2, 0) is 0 Å². The molecule has 1 aliphatic rings. The topological polar surface area (TPSA) is 82.1 Å². The molecule has 0 bridgehead atoms. The van der Waals surface area contributed by atoms with E-state index < -0.39 is 6.10 Å². The van der Waals surface area contributed by atoms with Crippen molar-refractivity contribution in [2.45, 2.75) is 25.9 Å². The number of nitrogens with one attached hydrogen (secondary N) is 1. The molecule has 1 atom stereocenters. The summed E-state index contributed by atoms with van der Waals surface area (Å²) in [5, 5.41) is 15.9. The van der Waals surface area contributed by atoms with Crippen LogP contribution in [-0.4, -0.2) is 50.3 Å². The lowest BCUT2D eigenvalue weighted by molar-refractivity contribution is 0.0464. The minimum Gasteiger partial charge on any atom is -0.391 e. The van der Waals surface area contributed by atoms with Crippen LogP contribution in [0, 0.1) is 6.92 Å². The molecule has 1 unspecified atom stereocenters. The number of hydrogen-bond donors (Lipinski definition) is 2. The number of rotatable bonds is 1. The zero-order valence-corrected chi connectivity index (χ0v) is 8.60. The summed E-state index contributed by atoms with van der Waals surface area (Å²) in [6.45, 7) is 2.80. The standard InChI is InChI=1S/C9H14N4O2/c1-6-10-8(12-11-6)9(15)13-4-2-3-7(14)5-13/h7,14H,2-5H2,1H3,(H,10,11,12). The maximum atomic E-state index is 11.8. The highest BCUT2D eigenvalue weighted by molar-refractivity contribution is 5.90. The van der Waals surface area contributed by atoms with Gasteiger partial charge >= 0.3 is 0 Å². The van der Waals surface area contributed by atoms with Crippen molar-refractivity contribution in [2.75, 3.05) is 13.1 Å². The third kappa shape index (κ3) is 2.15. The molecule has 6 heteroatoms. The van der Waals surface area contributed by atoms with E-state index in [0.29, 0.717) is 18.9 Å². The number of aromatic amines is 1. The quantitative estimate of drug-likeness (QED) is 0.667. The summed E-state index contributed by atoms with van der Waals surface area (Å²) < 4.78 is 0. The van der Waals surface area contributed by atoms with Crippen LogP contribution in [0.4, 0.5) is 0 Å². The summed E-state index contributed by atoms with van der Waals surface area (Å²) in [6.07, 6.45) is 1.18. The van der Waals surface area contributed by atoms with Gasteiger partial charge in [0.1, 0.15) is 5.82 Å². The Morgan fingerprint density at radius 3 is 3.07 bits per heavy atom. The normalized spacial score (nSPS) is 21.7. The van der Waals surface area contributed by atoms with E-state index in [0.717, 1.165) is 12.8 Å². The van der Waals surface area contributed by atoms with Gasteiger partial charge in [-0.15, -0.1) is 5.10 Å². The van der Waals surface area contributed by atoms with Gasteiger partial charge in [0.15, 0.2) is 0 Å². The van der Waals surface area contributed by atoms with Crippen molar-refractivity contribution >= 4 is 5.91 Å². The molecule has 1 aromatic heterocycles. The largest absolute Gasteiger partial charge is 0.391 e. The van der Waals surface area contributed by atoms with E-state index >= 15 is 0 Å². The first-order chi connectivity index (χ1) is 7.16. The van der Waals surface area contributed by atoms with E-state index in [1.807, 2.05) is 0 Å². The summed E-state index contributed by atoms with van der Waals surface area (Å²) in [7, 11) is 0. The highest BCUT2D eigenvalue weighted by Gasteiger charge is 2.25. The third-order valence-corrected chi connectivity index (χ3v) is 2.47. The molecule has 0 aromatic carbocycles. The molecule has 0 radical (unpaired) electrons. The smallest absolute Gasteiger partial charge is 0.293 e. The van der Waals surface area contributed by atoms with Gasteiger partial charge in [0.2, 0.25) is 5.82 Å². The molecule has 1 fully saturated rings. The van der Waals surface area contributed by atoms with Crippen molar-refractivity contribution in [3.05, 3.63) is 11.6 Å². The van der Waals surface area contributed by atoms with Gasteiger partial charge in [-0.3, -0.25) is 9.89 Å². The number of hydrogen-bond acceptors (Lipinski definition) is 4. The van der Waals surface area contributed by atoms with Crippen molar-refractivity contribution in [2.24, 2.45) is 0 Å². The number of β-amino-alcohol motifs (C(OH)–C–C–N with tert-alkyl or cyclic N) is 1. The average Bonchev–Trinajstić information content (AvgIpc) is 2.64. The Bertz CT molecular complexity index is 363. The molecule has 1 amide bonds. The molecule has 1 saturated heterocycles. The Labute approximate surface area is 87.3 Å². The maximum absolute atomic E-state index is 11.8. The molecule has 0 aliphatic carbocycles. The third-order valence-electron chi connectivity index (χ3n) is 2.47. The molecule has 0 saturated carbocycles. The first-order valence-electron chi connectivity index (χ1n) is 5.03. The fourth-order valence-corrected chi connectivity index (χ4v) is 1.72. The Morgan fingerprint density at radius 1 is 1.67 bits per heavy atom. The lowest BCUT2D eigenvalue weighted by Crippen LogP contribution is -2.42. The first-order valence-corrected chi connectivity index (χ1v) is 5.03. The Kier molecular flexibility index (Phi) is 2.68. The number of aromatic nitrogens is 3. The highest BCUT2D eigenvalue weighted by atomic mass is 16.3. The Balaban J connectivity index is 2.07. The van der Waals surface area contributed by atoms with Crippen LogP contribution in [0.1, 0.15) is 29.3 Å². The monoisotopic (exact) mass is 210 g/mol. The molecule has 2 N–H and O–H groups in total. The second-order valence-corrected chi connectivity index (χ2v) is 3.79. The molecular weight excluding hydrogens is 196 g/mol. The lowest BCUT2D eigenvalue weighted by atomic mass is 10.1. The van der Waals surface area contributed by atoms with Crippen LogP contribution in [0.5, 0.6) is 0 Å². The van der Waals surface area contributed by atoms with Gasteiger partial charge < -0.3 is 10.0 Å². The molecule has 1 aliphatic heterocycles. The van der Waals surface area contributed by atoms with Gasteiger partial charge in [-0.1, -0.05) is 0 Å². The van der Waals surface area contributed by atoms with Crippen LogP contribution in [0.2, 0.25) is 0 Å². The molecule has 15 heavy (non-hydrogen) atoms. The fraction of sp³-hybridized carbons (Fsp3) is 0.667. The Morgan fingerprint density at radius 2 is 2.47 bits per heavy atom. The predicted octanol–water partition coefficient (Wildman–Crippen LogP) is -0.290. The van der Waals surface area contributed by atoms with E-state index in [-0.39, 0.29) is 11.7 Å². The SMILES string of the molecule is Cc1nc(C(=O)N2CCCC(O)C2)n[nH]1. The Hall–Kier alpha value is -1.43. The zero-order chi connectivity index (χ0) is 10.8. The van der Waals surface area contributed by atoms with E-state index in [1.165, 1.54) is 0 Å². The minimum absolute atomic E-state index is 0.182. The van der Waals surface area contributed by atoms with Crippen molar-refractivity contribution in [3.8, 4) is 0 Å². The predicted molar refractivity (Wildman–Crippen MR) is 52.3 cm³/mol. The second kappa shape index (κ2) is 3.98. The van der Waals surface area contributed by atoms with Gasteiger partial charge in [-0.25, -0.2) is 4.98 Å². The number of aliphatic hydroxyl groups is 1. The molecule has 0 spiro atoms. The summed E-state index contributed by atoms with van der Waals surface area (Å²) in [5.74, 6) is 0.593.